The molecule has 1 aromatic rings. The predicted octanol–water partition coefficient (Wildman–Crippen LogP) is 2.52. The van der Waals surface area contributed by atoms with Crippen LogP contribution in [-0.2, 0) is 5.92 Å². The number of nitrogen functional groups attached to an aromatic ring is 1. The number of hydrogen-bond acceptors (Lipinski definition) is 1. The number of hydrogen-bond donors (Lipinski definition) is 1. The highest BCUT2D eigenvalue weighted by Crippen LogP contribution is 2.28. The van der Waals surface area contributed by atoms with Crippen molar-refractivity contribution in [2.45, 2.75) is 12.8 Å². The van der Waals surface area contributed by atoms with E-state index in [4.69, 9.17) is 5.73 Å². The van der Waals surface area contributed by atoms with E-state index in [1.807, 2.05) is 0 Å². The maximum atomic E-state index is 12.6. The van der Waals surface area contributed by atoms with Crippen molar-refractivity contribution in [2.24, 2.45) is 0 Å². The Morgan fingerprint density at radius 1 is 1.33 bits per heavy atom. The molecule has 0 aromatic heterocycles. The molecule has 1 nitrogen and oxygen atoms in total. The normalized spacial score (nSPS) is 11.7. The third kappa shape index (κ3) is 1.69. The van der Waals surface area contributed by atoms with Gasteiger partial charge in [-0.1, -0.05) is 6.07 Å². The quantitative estimate of drug-likeness (QED) is 0.652. The molecule has 0 amide bonds. The van der Waals surface area contributed by atoms with Gasteiger partial charge in [-0.25, -0.2) is 13.2 Å². The minimum atomic E-state index is -2.97. The van der Waals surface area contributed by atoms with Crippen molar-refractivity contribution >= 4 is 5.69 Å². The van der Waals surface area contributed by atoms with E-state index in [2.05, 4.69) is 0 Å². The van der Waals surface area contributed by atoms with E-state index >= 15 is 0 Å². The van der Waals surface area contributed by atoms with Crippen LogP contribution in [0.15, 0.2) is 18.2 Å². The van der Waals surface area contributed by atoms with Crippen LogP contribution in [0, 0.1) is 5.82 Å². The van der Waals surface area contributed by atoms with E-state index in [9.17, 15) is 13.2 Å². The summed E-state index contributed by atoms with van der Waals surface area (Å²) in [5.74, 6) is -3.65. The molecule has 0 aliphatic carbocycles. The molecule has 1 aromatic carbocycles. The Morgan fingerprint density at radius 3 is 2.33 bits per heavy atom. The summed E-state index contributed by atoms with van der Waals surface area (Å²) in [5.41, 5.74) is 4.58. The van der Waals surface area contributed by atoms with Crippen molar-refractivity contribution in [1.82, 2.24) is 0 Å². The van der Waals surface area contributed by atoms with E-state index in [1.165, 1.54) is 0 Å². The zero-order valence-electron chi connectivity index (χ0n) is 6.44. The summed E-state index contributed by atoms with van der Waals surface area (Å²) in [6, 6.07) is 2.89. The van der Waals surface area contributed by atoms with E-state index in [0.717, 1.165) is 25.1 Å². The molecule has 12 heavy (non-hydrogen) atoms. The third-order valence-electron chi connectivity index (χ3n) is 1.50. The first-order valence-electron chi connectivity index (χ1n) is 3.34. The summed E-state index contributed by atoms with van der Waals surface area (Å²) < 4.78 is 37.7. The summed E-state index contributed by atoms with van der Waals surface area (Å²) in [7, 11) is 0. The van der Waals surface area contributed by atoms with Gasteiger partial charge in [-0.15, -0.1) is 0 Å². The molecular weight excluding hydrogens is 167 g/mol. The van der Waals surface area contributed by atoms with Crippen LogP contribution in [0.5, 0.6) is 0 Å². The van der Waals surface area contributed by atoms with Crippen LogP contribution >= 0.6 is 0 Å². The van der Waals surface area contributed by atoms with Gasteiger partial charge in [-0.05, 0) is 12.1 Å². The number of rotatable bonds is 1. The topological polar surface area (TPSA) is 26.0 Å². The minimum absolute atomic E-state index is 0.256. The maximum Gasteiger partial charge on any atom is 0.270 e. The largest absolute Gasteiger partial charge is 0.396 e. The lowest BCUT2D eigenvalue weighted by Crippen LogP contribution is -2.07. The van der Waals surface area contributed by atoms with Crippen LogP contribution in [0.1, 0.15) is 12.5 Å². The van der Waals surface area contributed by atoms with Crippen LogP contribution < -0.4 is 5.73 Å². The Hall–Kier alpha value is -1.19. The summed E-state index contributed by atoms with van der Waals surface area (Å²) in [4.78, 5) is 0. The Kier molecular flexibility index (Phi) is 2.00. The number of anilines is 1. The fraction of sp³-hybridized carbons (Fsp3) is 0.250. The first-order valence-corrected chi connectivity index (χ1v) is 3.34. The molecule has 66 valence electrons. The molecule has 0 radical (unpaired) electrons. The van der Waals surface area contributed by atoms with Crippen molar-refractivity contribution < 1.29 is 13.2 Å². The van der Waals surface area contributed by atoms with E-state index in [-0.39, 0.29) is 11.3 Å². The smallest absolute Gasteiger partial charge is 0.270 e. The summed E-state index contributed by atoms with van der Waals surface area (Å²) in [6.07, 6.45) is 0. The van der Waals surface area contributed by atoms with Gasteiger partial charge in [-0.3, -0.25) is 0 Å². The molecule has 0 aliphatic rings. The van der Waals surface area contributed by atoms with Gasteiger partial charge in [0.1, 0.15) is 5.82 Å². The van der Waals surface area contributed by atoms with Crippen LogP contribution in [-0.4, -0.2) is 0 Å². The zero-order chi connectivity index (χ0) is 9.35. The molecule has 0 fully saturated rings. The van der Waals surface area contributed by atoms with Gasteiger partial charge in [-0.2, -0.15) is 0 Å². The lowest BCUT2D eigenvalue weighted by molar-refractivity contribution is 0.0175. The predicted molar refractivity (Wildman–Crippen MR) is 40.4 cm³/mol. The highest BCUT2D eigenvalue weighted by atomic mass is 19.3. The zero-order valence-corrected chi connectivity index (χ0v) is 6.44. The molecule has 0 saturated heterocycles. The molecule has 1 rings (SSSR count). The SMILES string of the molecule is CC(F)(F)c1ccc(F)c(N)c1. The molecule has 0 atom stereocenters. The van der Waals surface area contributed by atoms with Gasteiger partial charge in [0.05, 0.1) is 5.69 Å². The molecular formula is C8H8F3N. The van der Waals surface area contributed by atoms with E-state index < -0.39 is 11.7 Å². The lowest BCUT2D eigenvalue weighted by Gasteiger charge is -2.10. The highest BCUT2D eigenvalue weighted by Gasteiger charge is 2.24. The second-order valence-corrected chi connectivity index (χ2v) is 2.62. The van der Waals surface area contributed by atoms with Gasteiger partial charge in [0, 0.05) is 12.5 Å². The molecule has 0 bridgehead atoms. The molecule has 0 unspecified atom stereocenters. The Bertz CT molecular complexity index is 291. The van der Waals surface area contributed by atoms with Crippen molar-refractivity contribution in [1.29, 1.82) is 0 Å². The van der Waals surface area contributed by atoms with Gasteiger partial charge in [0.25, 0.3) is 5.92 Å². The van der Waals surface area contributed by atoms with Crippen LogP contribution in [0.4, 0.5) is 18.9 Å². The fourth-order valence-corrected chi connectivity index (χ4v) is 0.817. The summed E-state index contributed by atoms with van der Waals surface area (Å²) in [5, 5.41) is 0. The van der Waals surface area contributed by atoms with Crippen LogP contribution in [0.25, 0.3) is 0 Å². The van der Waals surface area contributed by atoms with Crippen molar-refractivity contribution in [3.63, 3.8) is 0 Å². The second kappa shape index (κ2) is 2.69. The highest BCUT2D eigenvalue weighted by molar-refractivity contribution is 5.43. The lowest BCUT2D eigenvalue weighted by atomic mass is 10.1. The molecule has 0 aliphatic heterocycles. The van der Waals surface area contributed by atoms with Crippen molar-refractivity contribution in [3.8, 4) is 0 Å². The van der Waals surface area contributed by atoms with Gasteiger partial charge in [0.15, 0.2) is 0 Å². The number of alkyl halides is 2. The first-order chi connectivity index (χ1) is 5.41. The third-order valence-corrected chi connectivity index (χ3v) is 1.50. The molecule has 0 heterocycles. The molecule has 0 saturated carbocycles. The first kappa shape index (κ1) is 8.90. The van der Waals surface area contributed by atoms with E-state index in [1.54, 1.807) is 0 Å². The van der Waals surface area contributed by atoms with Gasteiger partial charge < -0.3 is 5.73 Å². The summed E-state index contributed by atoms with van der Waals surface area (Å²) in [6.45, 7) is 0.736. The Labute approximate surface area is 68.0 Å². The molecule has 4 heteroatoms. The molecule has 0 spiro atoms. The van der Waals surface area contributed by atoms with E-state index in [0.29, 0.717) is 0 Å². The van der Waals surface area contributed by atoms with Gasteiger partial charge in [0.2, 0.25) is 0 Å². The monoisotopic (exact) mass is 175 g/mol. The fourth-order valence-electron chi connectivity index (χ4n) is 0.817. The standard InChI is InChI=1S/C8H8F3N/c1-8(10,11)5-2-3-6(9)7(12)4-5/h2-4H,12H2,1H3. The van der Waals surface area contributed by atoms with Crippen LogP contribution in [0.2, 0.25) is 0 Å². The average Bonchev–Trinajstić information content (AvgIpc) is 1.92. The Balaban J connectivity index is 3.14. The minimum Gasteiger partial charge on any atom is -0.396 e. The number of benzene rings is 1. The second-order valence-electron chi connectivity index (χ2n) is 2.62. The summed E-state index contributed by atoms with van der Waals surface area (Å²) >= 11 is 0. The van der Waals surface area contributed by atoms with Gasteiger partial charge >= 0.3 is 0 Å². The van der Waals surface area contributed by atoms with Crippen LogP contribution in [0.3, 0.4) is 0 Å². The average molecular weight is 175 g/mol. The Morgan fingerprint density at radius 2 is 1.92 bits per heavy atom. The maximum absolute atomic E-state index is 12.6. The number of nitrogens with two attached hydrogens (primary N) is 1. The van der Waals surface area contributed by atoms with Crippen molar-refractivity contribution in [3.05, 3.63) is 29.6 Å². The molecule has 2 N–H and O–H groups in total. The van der Waals surface area contributed by atoms with Crippen molar-refractivity contribution in [2.75, 3.05) is 5.73 Å². The number of halogens is 3.